The second-order valence-corrected chi connectivity index (χ2v) is 4.57. The van der Waals surface area contributed by atoms with E-state index in [-0.39, 0.29) is 34.0 Å². The molecule has 0 amide bonds. The molecule has 3 aromatic heterocycles. The quantitative estimate of drug-likeness (QED) is 0.627. The summed E-state index contributed by atoms with van der Waals surface area (Å²) in [5.74, 6) is 0.155. The van der Waals surface area contributed by atoms with Gasteiger partial charge in [-0.1, -0.05) is 0 Å². The fourth-order valence-electron chi connectivity index (χ4n) is 2.08. The molecule has 0 unspecified atom stereocenters. The van der Waals surface area contributed by atoms with Crippen LogP contribution in [-0.2, 0) is 20.0 Å². The first-order valence-corrected chi connectivity index (χ1v) is 6.16. The molecule has 3 heterocycles. The van der Waals surface area contributed by atoms with Gasteiger partial charge in [0.15, 0.2) is 5.52 Å². The first-order chi connectivity index (χ1) is 9.45. The Balaban J connectivity index is 2.69. The van der Waals surface area contributed by atoms with Crippen molar-refractivity contribution in [1.82, 2.24) is 19.1 Å². The molecule has 0 atom stereocenters. The Labute approximate surface area is 115 Å². The topological polar surface area (TPSA) is 103 Å². The van der Waals surface area contributed by atoms with E-state index in [9.17, 15) is 14.4 Å². The lowest BCUT2D eigenvalue weighted by Crippen LogP contribution is -2.39. The molecule has 0 spiro atoms. The lowest BCUT2D eigenvalue weighted by molar-refractivity contribution is 0.545. The average Bonchev–Trinajstić information content (AvgIpc) is 2.86. The number of nitrogens with one attached hydrogen (secondary N) is 1. The molecule has 104 valence electrons. The Hall–Kier alpha value is -2.35. The van der Waals surface area contributed by atoms with Crippen molar-refractivity contribution >= 4 is 33.9 Å². The second-order valence-electron chi connectivity index (χ2n) is 4.30. The van der Waals surface area contributed by atoms with Crippen LogP contribution in [0.25, 0.3) is 22.3 Å². The first-order valence-electron chi connectivity index (χ1n) is 5.63. The molecule has 0 bridgehead atoms. The van der Waals surface area contributed by atoms with E-state index in [1.165, 1.54) is 18.7 Å². The van der Waals surface area contributed by atoms with Crippen LogP contribution in [0.5, 0.6) is 0 Å². The van der Waals surface area contributed by atoms with E-state index < -0.39 is 16.7 Å². The van der Waals surface area contributed by atoms with Crippen LogP contribution in [0.4, 0.5) is 0 Å². The Bertz CT molecular complexity index is 1020. The summed E-state index contributed by atoms with van der Waals surface area (Å²) in [4.78, 5) is 42.9. The van der Waals surface area contributed by atoms with Gasteiger partial charge in [0.25, 0.3) is 5.56 Å². The van der Waals surface area contributed by atoms with E-state index in [2.05, 4.69) is 9.97 Å². The van der Waals surface area contributed by atoms with E-state index >= 15 is 0 Å². The first kappa shape index (κ1) is 12.7. The van der Waals surface area contributed by atoms with Crippen molar-refractivity contribution in [3.05, 3.63) is 37.0 Å². The molecule has 0 aliphatic carbocycles. The highest BCUT2D eigenvalue weighted by Gasteiger charge is 2.18. The molecule has 3 rings (SSSR count). The van der Waals surface area contributed by atoms with Crippen LogP contribution < -0.4 is 16.7 Å². The SMILES string of the molecule is Cn1c(=O)c2c(=O)c3nc(CCl)oc3[nH]c2n(C)c1=O. The predicted octanol–water partition coefficient (Wildman–Crippen LogP) is -0.195. The van der Waals surface area contributed by atoms with Crippen molar-refractivity contribution in [3.8, 4) is 0 Å². The van der Waals surface area contributed by atoms with Crippen LogP contribution in [0.3, 0.4) is 0 Å². The maximum Gasteiger partial charge on any atom is 0.332 e. The summed E-state index contributed by atoms with van der Waals surface area (Å²) in [6.07, 6.45) is 0. The molecule has 0 fully saturated rings. The smallest absolute Gasteiger partial charge is 0.332 e. The number of oxazole rings is 1. The Morgan fingerprint density at radius 3 is 2.60 bits per heavy atom. The normalized spacial score (nSPS) is 11.6. The molecular weight excluding hydrogens is 288 g/mol. The summed E-state index contributed by atoms with van der Waals surface area (Å²) in [7, 11) is 2.76. The van der Waals surface area contributed by atoms with Crippen LogP contribution in [0, 0.1) is 0 Å². The van der Waals surface area contributed by atoms with Gasteiger partial charge in [0.05, 0.1) is 5.88 Å². The third kappa shape index (κ3) is 1.48. The number of nitrogens with zero attached hydrogens (tertiary/aromatic N) is 3. The maximum atomic E-state index is 12.3. The van der Waals surface area contributed by atoms with Crippen LogP contribution >= 0.6 is 11.6 Å². The predicted molar refractivity (Wildman–Crippen MR) is 72.2 cm³/mol. The number of alkyl halides is 1. The fourth-order valence-corrected chi connectivity index (χ4v) is 2.20. The van der Waals surface area contributed by atoms with Gasteiger partial charge in [-0.2, -0.15) is 0 Å². The third-order valence-electron chi connectivity index (χ3n) is 3.12. The summed E-state index contributed by atoms with van der Waals surface area (Å²) >= 11 is 5.60. The van der Waals surface area contributed by atoms with Crippen LogP contribution in [0.2, 0.25) is 0 Å². The third-order valence-corrected chi connectivity index (χ3v) is 3.35. The average molecular weight is 297 g/mol. The zero-order chi connectivity index (χ0) is 14.6. The summed E-state index contributed by atoms with van der Waals surface area (Å²) in [5, 5.41) is -0.142. The highest BCUT2D eigenvalue weighted by Crippen LogP contribution is 2.13. The minimum atomic E-state index is -0.679. The molecule has 0 saturated heterocycles. The Morgan fingerprint density at radius 1 is 1.25 bits per heavy atom. The molecule has 3 aromatic rings. The van der Waals surface area contributed by atoms with E-state index in [4.69, 9.17) is 16.0 Å². The van der Waals surface area contributed by atoms with E-state index in [1.807, 2.05) is 0 Å². The maximum absolute atomic E-state index is 12.3. The van der Waals surface area contributed by atoms with E-state index in [0.29, 0.717) is 0 Å². The van der Waals surface area contributed by atoms with Crippen LogP contribution in [0.15, 0.2) is 18.8 Å². The summed E-state index contributed by atoms with van der Waals surface area (Å²) < 4.78 is 7.28. The van der Waals surface area contributed by atoms with Gasteiger partial charge in [0, 0.05) is 14.1 Å². The van der Waals surface area contributed by atoms with Gasteiger partial charge in [-0.3, -0.25) is 18.7 Å². The molecule has 0 aliphatic rings. The van der Waals surface area contributed by atoms with Gasteiger partial charge in [-0.15, -0.1) is 11.6 Å². The molecule has 0 aromatic carbocycles. The van der Waals surface area contributed by atoms with Gasteiger partial charge in [-0.25, -0.2) is 9.78 Å². The highest BCUT2D eigenvalue weighted by molar-refractivity contribution is 6.16. The lowest BCUT2D eigenvalue weighted by Gasteiger charge is -2.05. The molecule has 1 N–H and O–H groups in total. The molecule has 0 aliphatic heterocycles. The van der Waals surface area contributed by atoms with Crippen molar-refractivity contribution in [2.45, 2.75) is 5.88 Å². The molecular formula is C11H9ClN4O4. The standard InChI is InChI=1S/C11H9ClN4O4/c1-15-8-5(10(18)16(2)11(15)19)7(17)6-9(14-8)20-4(3-12)13-6/h3H2,1-2H3,(H,14,17). The number of hydrogen-bond donors (Lipinski definition) is 1. The number of rotatable bonds is 1. The molecule has 9 heteroatoms. The zero-order valence-corrected chi connectivity index (χ0v) is 11.3. The number of aromatic nitrogens is 4. The van der Waals surface area contributed by atoms with Crippen LogP contribution in [-0.4, -0.2) is 19.1 Å². The number of hydrogen-bond acceptors (Lipinski definition) is 5. The van der Waals surface area contributed by atoms with Gasteiger partial charge in [0.2, 0.25) is 17.0 Å². The fraction of sp³-hybridized carbons (Fsp3) is 0.273. The molecule has 0 saturated carbocycles. The van der Waals surface area contributed by atoms with Crippen molar-refractivity contribution in [3.63, 3.8) is 0 Å². The van der Waals surface area contributed by atoms with Crippen molar-refractivity contribution in [2.24, 2.45) is 14.1 Å². The second kappa shape index (κ2) is 4.07. The number of halogens is 1. The number of aryl methyl sites for hydroxylation is 1. The lowest BCUT2D eigenvalue weighted by atomic mass is 10.3. The van der Waals surface area contributed by atoms with Crippen molar-refractivity contribution in [2.75, 3.05) is 0 Å². The number of fused-ring (bicyclic) bond motifs is 2. The molecule has 20 heavy (non-hydrogen) atoms. The number of H-pyrrole nitrogens is 1. The Kier molecular flexibility index (Phi) is 2.58. The summed E-state index contributed by atoms with van der Waals surface area (Å²) in [6, 6.07) is 0. The van der Waals surface area contributed by atoms with Crippen molar-refractivity contribution < 1.29 is 4.42 Å². The van der Waals surface area contributed by atoms with Gasteiger partial charge in [0.1, 0.15) is 11.0 Å². The van der Waals surface area contributed by atoms with Gasteiger partial charge >= 0.3 is 5.69 Å². The van der Waals surface area contributed by atoms with Crippen LogP contribution in [0.1, 0.15) is 5.89 Å². The van der Waals surface area contributed by atoms with E-state index in [1.54, 1.807) is 0 Å². The minimum absolute atomic E-state index is 0.00472. The minimum Gasteiger partial charge on any atom is -0.423 e. The highest BCUT2D eigenvalue weighted by atomic mass is 35.5. The van der Waals surface area contributed by atoms with Gasteiger partial charge in [-0.05, 0) is 0 Å². The molecule has 0 radical (unpaired) electrons. The summed E-state index contributed by atoms with van der Waals surface area (Å²) in [6.45, 7) is 0. The van der Waals surface area contributed by atoms with Crippen molar-refractivity contribution in [1.29, 1.82) is 0 Å². The zero-order valence-electron chi connectivity index (χ0n) is 10.6. The monoisotopic (exact) mass is 296 g/mol. The Morgan fingerprint density at radius 2 is 1.95 bits per heavy atom. The van der Waals surface area contributed by atoms with E-state index in [0.717, 1.165) is 4.57 Å². The van der Waals surface area contributed by atoms with Gasteiger partial charge < -0.3 is 9.40 Å². The molecule has 8 nitrogen and oxygen atoms in total. The summed E-state index contributed by atoms with van der Waals surface area (Å²) in [5.41, 5.74) is -1.65. The number of aromatic amines is 1. The largest absolute Gasteiger partial charge is 0.423 e. The number of pyridine rings is 1.